The molecule has 1 aromatic heterocycles. The van der Waals surface area contributed by atoms with E-state index in [0.717, 1.165) is 12.2 Å². The van der Waals surface area contributed by atoms with Crippen LogP contribution < -0.4 is 5.32 Å². The maximum absolute atomic E-state index is 5.82. The summed E-state index contributed by atoms with van der Waals surface area (Å²) in [5, 5.41) is 7.68. The van der Waals surface area contributed by atoms with Crippen molar-refractivity contribution in [1.82, 2.24) is 15.1 Å². The lowest BCUT2D eigenvalue weighted by atomic mass is 9.95. The molecule has 0 fully saturated rings. The van der Waals surface area contributed by atoms with Gasteiger partial charge in [-0.25, -0.2) is 0 Å². The highest BCUT2D eigenvalue weighted by Crippen LogP contribution is 2.28. The Labute approximate surface area is 98.0 Å². The topological polar surface area (TPSA) is 39.1 Å². The van der Waals surface area contributed by atoms with E-state index in [-0.39, 0.29) is 11.6 Å². The Morgan fingerprint density at radius 2 is 2.19 bits per heavy atom. The molecule has 1 heterocycles. The van der Waals surface area contributed by atoms with Gasteiger partial charge in [0.25, 0.3) is 0 Å². The van der Waals surface area contributed by atoms with Gasteiger partial charge < -0.3 is 10.1 Å². The SMILES string of the molecule is CCNC(c1ccnn1C)C(C)(C)OCC. The summed E-state index contributed by atoms with van der Waals surface area (Å²) in [7, 11) is 1.96. The predicted octanol–water partition coefficient (Wildman–Crippen LogP) is 1.89. The second kappa shape index (κ2) is 5.46. The van der Waals surface area contributed by atoms with Gasteiger partial charge in [-0.2, -0.15) is 5.10 Å². The summed E-state index contributed by atoms with van der Waals surface area (Å²) in [5.41, 5.74) is 0.916. The first-order chi connectivity index (χ1) is 7.53. The van der Waals surface area contributed by atoms with Crippen LogP contribution in [0.5, 0.6) is 0 Å². The van der Waals surface area contributed by atoms with Crippen LogP contribution in [0.25, 0.3) is 0 Å². The van der Waals surface area contributed by atoms with Crippen LogP contribution in [0, 0.1) is 0 Å². The van der Waals surface area contributed by atoms with Crippen LogP contribution in [0.4, 0.5) is 0 Å². The van der Waals surface area contributed by atoms with Crippen LogP contribution >= 0.6 is 0 Å². The quantitative estimate of drug-likeness (QED) is 0.803. The lowest BCUT2D eigenvalue weighted by Gasteiger charge is -2.34. The summed E-state index contributed by atoms with van der Waals surface area (Å²) in [4.78, 5) is 0. The zero-order valence-corrected chi connectivity index (χ0v) is 10.9. The van der Waals surface area contributed by atoms with Gasteiger partial charge in [-0.1, -0.05) is 6.92 Å². The molecular formula is C12H23N3O. The van der Waals surface area contributed by atoms with Crippen LogP contribution in [0.1, 0.15) is 39.4 Å². The van der Waals surface area contributed by atoms with E-state index in [1.165, 1.54) is 0 Å². The van der Waals surface area contributed by atoms with Crippen LogP contribution in [-0.2, 0) is 11.8 Å². The highest BCUT2D eigenvalue weighted by atomic mass is 16.5. The monoisotopic (exact) mass is 225 g/mol. The van der Waals surface area contributed by atoms with E-state index in [2.05, 4.69) is 31.2 Å². The Kier molecular flexibility index (Phi) is 4.50. The highest BCUT2D eigenvalue weighted by molar-refractivity contribution is 5.11. The standard InChI is InChI=1S/C12H23N3O/c1-6-13-11(12(3,4)16-7-2)10-8-9-14-15(10)5/h8-9,11,13H,6-7H2,1-5H3. The highest BCUT2D eigenvalue weighted by Gasteiger charge is 2.32. The molecule has 0 aliphatic rings. The second-order valence-corrected chi connectivity index (χ2v) is 4.41. The molecule has 1 N–H and O–H groups in total. The maximum atomic E-state index is 5.82. The fraction of sp³-hybridized carbons (Fsp3) is 0.750. The molecule has 4 heteroatoms. The Bertz CT molecular complexity index is 320. The van der Waals surface area contributed by atoms with E-state index in [1.807, 2.05) is 30.9 Å². The van der Waals surface area contributed by atoms with Crippen molar-refractivity contribution in [3.8, 4) is 0 Å². The average molecular weight is 225 g/mol. The van der Waals surface area contributed by atoms with Crippen molar-refractivity contribution in [3.63, 3.8) is 0 Å². The molecule has 0 aliphatic heterocycles. The van der Waals surface area contributed by atoms with Crippen LogP contribution in [0.2, 0.25) is 0 Å². The number of likely N-dealkylation sites (N-methyl/N-ethyl adjacent to an activating group) is 1. The number of hydrogen-bond donors (Lipinski definition) is 1. The zero-order valence-electron chi connectivity index (χ0n) is 10.9. The van der Waals surface area contributed by atoms with Gasteiger partial charge in [0.05, 0.1) is 17.3 Å². The number of nitrogens with one attached hydrogen (secondary N) is 1. The third-order valence-corrected chi connectivity index (χ3v) is 2.77. The van der Waals surface area contributed by atoms with Gasteiger partial charge in [0.15, 0.2) is 0 Å². The largest absolute Gasteiger partial charge is 0.374 e. The molecule has 0 bridgehead atoms. The minimum atomic E-state index is -0.238. The first-order valence-electron chi connectivity index (χ1n) is 5.88. The van der Waals surface area contributed by atoms with Crippen LogP contribution in [0.15, 0.2) is 12.3 Å². The molecule has 16 heavy (non-hydrogen) atoms. The lowest BCUT2D eigenvalue weighted by molar-refractivity contribution is -0.0406. The molecule has 1 atom stereocenters. The molecule has 0 saturated carbocycles. The molecule has 1 aromatic rings. The van der Waals surface area contributed by atoms with Crippen LogP contribution in [0.3, 0.4) is 0 Å². The summed E-state index contributed by atoms with van der Waals surface area (Å²) in [6.45, 7) is 9.96. The van der Waals surface area contributed by atoms with Gasteiger partial charge in [0.1, 0.15) is 0 Å². The third kappa shape index (κ3) is 2.83. The molecule has 0 aliphatic carbocycles. The fourth-order valence-corrected chi connectivity index (χ4v) is 2.03. The van der Waals surface area contributed by atoms with Crippen molar-refractivity contribution in [2.75, 3.05) is 13.2 Å². The fourth-order valence-electron chi connectivity index (χ4n) is 2.03. The minimum absolute atomic E-state index is 0.157. The first kappa shape index (κ1) is 13.2. The molecule has 0 saturated heterocycles. The van der Waals surface area contributed by atoms with Crippen molar-refractivity contribution in [1.29, 1.82) is 0 Å². The maximum Gasteiger partial charge on any atom is 0.0835 e. The lowest BCUT2D eigenvalue weighted by Crippen LogP contribution is -2.42. The van der Waals surface area contributed by atoms with Crippen LogP contribution in [-0.4, -0.2) is 28.5 Å². The van der Waals surface area contributed by atoms with Gasteiger partial charge >= 0.3 is 0 Å². The van der Waals surface area contributed by atoms with Crippen molar-refractivity contribution < 1.29 is 4.74 Å². The number of ether oxygens (including phenoxy) is 1. The normalized spacial score (nSPS) is 14.1. The van der Waals surface area contributed by atoms with Crippen molar-refractivity contribution >= 4 is 0 Å². The Morgan fingerprint density at radius 1 is 1.50 bits per heavy atom. The Hall–Kier alpha value is -0.870. The van der Waals surface area contributed by atoms with Gasteiger partial charge in [0.2, 0.25) is 0 Å². The van der Waals surface area contributed by atoms with Crippen molar-refractivity contribution in [2.24, 2.45) is 7.05 Å². The Morgan fingerprint density at radius 3 is 2.62 bits per heavy atom. The molecular weight excluding hydrogens is 202 g/mol. The minimum Gasteiger partial charge on any atom is -0.374 e. The summed E-state index contributed by atoms with van der Waals surface area (Å²) in [5.74, 6) is 0. The average Bonchev–Trinajstić information content (AvgIpc) is 2.60. The van der Waals surface area contributed by atoms with Crippen molar-refractivity contribution in [3.05, 3.63) is 18.0 Å². The molecule has 1 unspecified atom stereocenters. The third-order valence-electron chi connectivity index (χ3n) is 2.77. The number of aromatic nitrogens is 2. The zero-order chi connectivity index (χ0) is 12.2. The summed E-state index contributed by atoms with van der Waals surface area (Å²) < 4.78 is 7.72. The summed E-state index contributed by atoms with van der Waals surface area (Å²) in [6, 6.07) is 2.19. The number of aryl methyl sites for hydroxylation is 1. The van der Waals surface area contributed by atoms with E-state index >= 15 is 0 Å². The second-order valence-electron chi connectivity index (χ2n) is 4.41. The molecule has 0 radical (unpaired) electrons. The van der Waals surface area contributed by atoms with Crippen molar-refractivity contribution in [2.45, 2.75) is 39.3 Å². The number of rotatable bonds is 6. The van der Waals surface area contributed by atoms with E-state index < -0.39 is 0 Å². The van der Waals surface area contributed by atoms with E-state index in [9.17, 15) is 0 Å². The molecule has 0 amide bonds. The van der Waals surface area contributed by atoms with Gasteiger partial charge in [0, 0.05) is 19.9 Å². The molecule has 4 nitrogen and oxygen atoms in total. The van der Waals surface area contributed by atoms with E-state index in [4.69, 9.17) is 4.74 Å². The smallest absolute Gasteiger partial charge is 0.0835 e. The number of hydrogen-bond acceptors (Lipinski definition) is 3. The first-order valence-corrected chi connectivity index (χ1v) is 5.88. The molecule has 0 aromatic carbocycles. The van der Waals surface area contributed by atoms with E-state index in [1.54, 1.807) is 0 Å². The summed E-state index contributed by atoms with van der Waals surface area (Å²) >= 11 is 0. The van der Waals surface area contributed by atoms with Gasteiger partial charge in [-0.05, 0) is 33.4 Å². The predicted molar refractivity (Wildman–Crippen MR) is 65.3 cm³/mol. The Balaban J connectivity index is 2.95. The van der Waals surface area contributed by atoms with E-state index in [0.29, 0.717) is 6.61 Å². The molecule has 92 valence electrons. The van der Waals surface area contributed by atoms with Gasteiger partial charge in [-0.3, -0.25) is 4.68 Å². The number of nitrogens with zero attached hydrogens (tertiary/aromatic N) is 2. The van der Waals surface area contributed by atoms with Gasteiger partial charge in [-0.15, -0.1) is 0 Å². The molecule has 0 spiro atoms. The summed E-state index contributed by atoms with van der Waals surface area (Å²) in [6.07, 6.45) is 1.82. The molecule has 1 rings (SSSR count).